The highest BCUT2D eigenvalue weighted by atomic mass is 35.5. The maximum absolute atomic E-state index is 5.77. The number of furan rings is 1. The lowest BCUT2D eigenvalue weighted by Crippen LogP contribution is -2.22. The van der Waals surface area contributed by atoms with E-state index in [1.807, 2.05) is 6.07 Å². The monoisotopic (exact) mass is 294 g/mol. The third kappa shape index (κ3) is 2.88. The summed E-state index contributed by atoms with van der Waals surface area (Å²) in [5.41, 5.74) is 0. The van der Waals surface area contributed by atoms with Gasteiger partial charge in [-0.2, -0.15) is 0 Å². The molecule has 1 atom stereocenters. The van der Waals surface area contributed by atoms with Crippen LogP contribution in [-0.4, -0.2) is 14.8 Å². The third-order valence-electron chi connectivity index (χ3n) is 3.74. The number of fused-ring (bicyclic) bond motifs is 1. The van der Waals surface area contributed by atoms with Gasteiger partial charge in [-0.1, -0.05) is 6.42 Å². The van der Waals surface area contributed by atoms with Crippen molar-refractivity contribution < 1.29 is 4.42 Å². The minimum absolute atomic E-state index is 0.137. The number of hydrogen-bond donors (Lipinski definition) is 1. The summed E-state index contributed by atoms with van der Waals surface area (Å²) in [5.74, 6) is 2.96. The van der Waals surface area contributed by atoms with Crippen molar-refractivity contribution in [2.75, 3.05) is 0 Å². The fourth-order valence-corrected chi connectivity index (χ4v) is 2.78. The zero-order valence-electron chi connectivity index (χ0n) is 11.6. The first-order chi connectivity index (χ1) is 9.74. The van der Waals surface area contributed by atoms with Crippen molar-refractivity contribution in [3.8, 4) is 0 Å². The van der Waals surface area contributed by atoms with E-state index in [-0.39, 0.29) is 6.04 Å². The van der Waals surface area contributed by atoms with Gasteiger partial charge in [-0.05, 0) is 43.5 Å². The SMILES string of the molecule is CC(NCc1ccc(Cl)o1)c1nnc2n1CCCCC2. The molecule has 0 radical (unpaired) electrons. The Labute approximate surface area is 123 Å². The molecular formula is C14H19ClN4O. The van der Waals surface area contributed by atoms with Crippen LogP contribution in [0.3, 0.4) is 0 Å². The van der Waals surface area contributed by atoms with Crippen molar-refractivity contribution >= 4 is 11.6 Å². The quantitative estimate of drug-likeness (QED) is 0.941. The van der Waals surface area contributed by atoms with Crippen LogP contribution in [-0.2, 0) is 19.5 Å². The van der Waals surface area contributed by atoms with E-state index < -0.39 is 0 Å². The fourth-order valence-electron chi connectivity index (χ4n) is 2.62. The molecule has 0 saturated heterocycles. The third-order valence-corrected chi connectivity index (χ3v) is 3.94. The number of nitrogens with one attached hydrogen (secondary N) is 1. The van der Waals surface area contributed by atoms with Gasteiger partial charge in [0.25, 0.3) is 0 Å². The largest absolute Gasteiger partial charge is 0.448 e. The Morgan fingerprint density at radius 3 is 3.05 bits per heavy atom. The van der Waals surface area contributed by atoms with Crippen LogP contribution in [0.4, 0.5) is 0 Å². The van der Waals surface area contributed by atoms with Gasteiger partial charge < -0.3 is 14.3 Å². The van der Waals surface area contributed by atoms with E-state index in [2.05, 4.69) is 27.0 Å². The van der Waals surface area contributed by atoms with Gasteiger partial charge in [-0.3, -0.25) is 0 Å². The van der Waals surface area contributed by atoms with Gasteiger partial charge >= 0.3 is 0 Å². The highest BCUT2D eigenvalue weighted by Gasteiger charge is 2.19. The Balaban J connectivity index is 1.68. The van der Waals surface area contributed by atoms with Gasteiger partial charge in [-0.15, -0.1) is 10.2 Å². The molecule has 0 aliphatic carbocycles. The van der Waals surface area contributed by atoms with Crippen LogP contribution >= 0.6 is 11.6 Å². The van der Waals surface area contributed by atoms with E-state index in [1.165, 1.54) is 19.3 Å². The Hall–Kier alpha value is -1.33. The van der Waals surface area contributed by atoms with Gasteiger partial charge in [-0.25, -0.2) is 0 Å². The molecule has 108 valence electrons. The van der Waals surface area contributed by atoms with E-state index >= 15 is 0 Å². The second-order valence-electron chi connectivity index (χ2n) is 5.25. The molecule has 1 N–H and O–H groups in total. The zero-order chi connectivity index (χ0) is 13.9. The van der Waals surface area contributed by atoms with Crippen LogP contribution < -0.4 is 5.32 Å². The average molecular weight is 295 g/mol. The van der Waals surface area contributed by atoms with Gasteiger partial charge in [0.15, 0.2) is 5.22 Å². The van der Waals surface area contributed by atoms with Crippen LogP contribution in [0.25, 0.3) is 0 Å². The summed E-state index contributed by atoms with van der Waals surface area (Å²) in [6.45, 7) is 3.76. The Morgan fingerprint density at radius 1 is 1.35 bits per heavy atom. The summed E-state index contributed by atoms with van der Waals surface area (Å²) in [4.78, 5) is 0. The van der Waals surface area contributed by atoms with Crippen molar-refractivity contribution in [3.63, 3.8) is 0 Å². The van der Waals surface area contributed by atoms with Crippen molar-refractivity contribution in [1.82, 2.24) is 20.1 Å². The van der Waals surface area contributed by atoms with Crippen LogP contribution in [0.1, 0.15) is 49.6 Å². The lowest BCUT2D eigenvalue weighted by Gasteiger charge is -2.14. The molecule has 1 unspecified atom stereocenters. The molecule has 5 nitrogen and oxygen atoms in total. The van der Waals surface area contributed by atoms with E-state index in [0.717, 1.165) is 30.4 Å². The number of nitrogens with zero attached hydrogens (tertiary/aromatic N) is 3. The molecular weight excluding hydrogens is 276 g/mol. The second-order valence-corrected chi connectivity index (χ2v) is 5.62. The fraction of sp³-hybridized carbons (Fsp3) is 0.571. The summed E-state index contributed by atoms with van der Waals surface area (Å²) in [5, 5.41) is 12.5. The lowest BCUT2D eigenvalue weighted by molar-refractivity contribution is 0.443. The molecule has 0 fully saturated rings. The van der Waals surface area contributed by atoms with E-state index in [1.54, 1.807) is 6.07 Å². The van der Waals surface area contributed by atoms with Gasteiger partial charge in [0, 0.05) is 13.0 Å². The van der Waals surface area contributed by atoms with Gasteiger partial charge in [0.2, 0.25) is 0 Å². The minimum Gasteiger partial charge on any atom is -0.448 e. The summed E-state index contributed by atoms with van der Waals surface area (Å²) >= 11 is 5.77. The molecule has 2 aromatic rings. The highest BCUT2D eigenvalue weighted by molar-refractivity contribution is 6.28. The van der Waals surface area contributed by atoms with Gasteiger partial charge in [0.1, 0.15) is 17.4 Å². The molecule has 1 aliphatic heterocycles. The first-order valence-corrected chi connectivity index (χ1v) is 7.51. The maximum atomic E-state index is 5.77. The summed E-state index contributed by atoms with van der Waals surface area (Å²) in [6, 6.07) is 3.77. The van der Waals surface area contributed by atoms with E-state index in [4.69, 9.17) is 16.0 Å². The molecule has 20 heavy (non-hydrogen) atoms. The molecule has 1 aliphatic rings. The molecule has 0 amide bonds. The average Bonchev–Trinajstić information content (AvgIpc) is 2.96. The Bertz CT molecular complexity index is 577. The predicted molar refractivity (Wildman–Crippen MR) is 76.5 cm³/mol. The smallest absolute Gasteiger partial charge is 0.193 e. The first kappa shape index (κ1) is 13.6. The topological polar surface area (TPSA) is 55.9 Å². The van der Waals surface area contributed by atoms with Crippen LogP contribution in [0.5, 0.6) is 0 Å². The zero-order valence-corrected chi connectivity index (χ0v) is 12.4. The molecule has 2 aromatic heterocycles. The van der Waals surface area contributed by atoms with Crippen molar-refractivity contribution in [2.24, 2.45) is 0 Å². The predicted octanol–water partition coefficient (Wildman–Crippen LogP) is 3.10. The summed E-state index contributed by atoms with van der Waals surface area (Å²) in [6.07, 6.45) is 4.73. The van der Waals surface area contributed by atoms with Crippen molar-refractivity contribution in [1.29, 1.82) is 0 Å². The van der Waals surface area contributed by atoms with Crippen molar-refractivity contribution in [3.05, 3.63) is 34.8 Å². The minimum atomic E-state index is 0.137. The van der Waals surface area contributed by atoms with E-state index in [9.17, 15) is 0 Å². The number of rotatable bonds is 4. The normalized spacial score (nSPS) is 16.7. The number of hydrogen-bond acceptors (Lipinski definition) is 4. The highest BCUT2D eigenvalue weighted by Crippen LogP contribution is 2.19. The first-order valence-electron chi connectivity index (χ1n) is 7.13. The standard InChI is InChI=1S/C14H19ClN4O/c1-10(16-9-11-6-7-12(15)20-11)14-18-17-13-5-3-2-4-8-19(13)14/h6-7,10,16H,2-5,8-9H2,1H3. The number of halogens is 1. The summed E-state index contributed by atoms with van der Waals surface area (Å²) < 4.78 is 7.61. The molecule has 0 saturated carbocycles. The molecule has 6 heteroatoms. The number of aromatic nitrogens is 3. The molecule has 0 bridgehead atoms. The molecule has 3 rings (SSSR count). The van der Waals surface area contributed by atoms with E-state index in [0.29, 0.717) is 11.8 Å². The summed E-state index contributed by atoms with van der Waals surface area (Å²) in [7, 11) is 0. The van der Waals surface area contributed by atoms with Crippen molar-refractivity contribution in [2.45, 2.75) is 51.7 Å². The van der Waals surface area contributed by atoms with Crippen LogP contribution in [0.15, 0.2) is 16.5 Å². The van der Waals surface area contributed by atoms with Crippen LogP contribution in [0.2, 0.25) is 5.22 Å². The second kappa shape index (κ2) is 5.97. The van der Waals surface area contributed by atoms with Gasteiger partial charge in [0.05, 0.1) is 12.6 Å². The molecule has 3 heterocycles. The Morgan fingerprint density at radius 2 is 2.25 bits per heavy atom. The molecule has 0 spiro atoms. The van der Waals surface area contributed by atoms with Crippen LogP contribution in [0, 0.1) is 0 Å². The lowest BCUT2D eigenvalue weighted by atomic mass is 10.2. The maximum Gasteiger partial charge on any atom is 0.193 e. The number of aryl methyl sites for hydroxylation is 1. The Kier molecular flexibility index (Phi) is 4.08. The molecule has 0 aromatic carbocycles.